The van der Waals surface area contributed by atoms with Gasteiger partial charge in [0.15, 0.2) is 5.13 Å². The van der Waals surface area contributed by atoms with Gasteiger partial charge in [0.05, 0.1) is 30.6 Å². The summed E-state index contributed by atoms with van der Waals surface area (Å²) in [6.07, 6.45) is 2.28. The number of unbranched alkanes of at least 4 members (excludes halogenated alkanes) is 2. The van der Waals surface area contributed by atoms with E-state index in [-0.39, 0.29) is 48.3 Å². The van der Waals surface area contributed by atoms with Crippen molar-refractivity contribution in [3.05, 3.63) is 66.6 Å². The van der Waals surface area contributed by atoms with Crippen LogP contribution in [0.4, 0.5) is 15.6 Å². The molecule has 4 aromatic rings. The zero-order chi connectivity index (χ0) is 50.4. The lowest BCUT2D eigenvalue weighted by atomic mass is 10.0. The van der Waals surface area contributed by atoms with Crippen molar-refractivity contribution in [2.24, 2.45) is 11.8 Å². The lowest BCUT2D eigenvalue weighted by molar-refractivity contribution is -0.141. The zero-order valence-electron chi connectivity index (χ0n) is 40.6. The summed E-state index contributed by atoms with van der Waals surface area (Å²) in [5, 5.41) is 14.6. The molecule has 1 saturated heterocycles. The Morgan fingerprint density at radius 3 is 2.41 bits per heavy atom. The minimum atomic E-state index is -4.61. The van der Waals surface area contributed by atoms with Crippen molar-refractivity contribution in [1.29, 1.82) is 0 Å². The number of benzene rings is 2. The second-order valence-corrected chi connectivity index (χ2v) is 21.5. The molecule has 2 aliphatic rings. The van der Waals surface area contributed by atoms with Gasteiger partial charge in [0.1, 0.15) is 51.4 Å². The number of hydrogen-bond donors (Lipinski definition) is 5. The summed E-state index contributed by atoms with van der Waals surface area (Å²) in [4.78, 5) is 80.2. The number of likely N-dealkylation sites (tertiary alicyclic amines) is 1. The number of alkyl carbamates (subject to hydrolysis) is 1. The van der Waals surface area contributed by atoms with Gasteiger partial charge >= 0.3 is 6.09 Å². The molecule has 0 bridgehead atoms. The number of ether oxygens (including phenoxy) is 3. The Bertz CT molecular complexity index is 2680. The number of aromatic nitrogens is 2. The highest BCUT2D eigenvalue weighted by molar-refractivity contribution is 7.90. The van der Waals surface area contributed by atoms with Gasteiger partial charge in [-0.1, -0.05) is 51.8 Å². The quantitative estimate of drug-likeness (QED) is 0.0437. The topological polar surface area (TPSA) is 236 Å². The minimum absolute atomic E-state index is 0.00740. The summed E-state index contributed by atoms with van der Waals surface area (Å²) in [5.74, 6) is -2.97. The largest absolute Gasteiger partial charge is 0.497 e. The van der Waals surface area contributed by atoms with Gasteiger partial charge in [-0.2, -0.15) is 0 Å². The standard InChI is InChI=1S/C49H64N8O10S2/c1-11-13-14-19-41(58)52-34-17-15-16-18-40(34)69(63,64)56-45(61)49(25-30(49)12-2)55-43(59)38-23-32(26-57(38)44(60)42(28(3)4)54-47(62)67-48(7,8)9)66-39-24-36(37-27-68-46(53-37)50-29(5)6)51-35-22-31(65-10)20-21-33(35)39/h12,15-18,20-22,24,27-30,32,38,42H,2,11,13-14,19,23,25-26H2,1,3-10H3,(H,50,53)(H,52,58)(H,54,62)(H,55,59)(H,56,61)/t30-,32-,38+,42+,49-/m1/s1. The van der Waals surface area contributed by atoms with Crippen molar-refractivity contribution < 1.29 is 46.6 Å². The zero-order valence-corrected chi connectivity index (χ0v) is 42.3. The molecule has 1 saturated carbocycles. The summed E-state index contributed by atoms with van der Waals surface area (Å²) >= 11 is 1.43. The van der Waals surface area contributed by atoms with Crippen LogP contribution in [-0.4, -0.2) is 102 Å². The number of thiazole rings is 1. The molecule has 2 aromatic heterocycles. The van der Waals surface area contributed by atoms with E-state index in [0.29, 0.717) is 45.3 Å². The molecule has 5 N–H and O–H groups in total. The number of para-hydroxylation sites is 1. The van der Waals surface area contributed by atoms with E-state index in [2.05, 4.69) is 32.6 Å². The molecule has 6 rings (SSSR count). The number of pyridine rings is 1. The first-order valence-corrected chi connectivity index (χ1v) is 25.5. The van der Waals surface area contributed by atoms with E-state index < -0.39 is 75.0 Å². The van der Waals surface area contributed by atoms with Crippen LogP contribution >= 0.6 is 11.3 Å². The van der Waals surface area contributed by atoms with Gasteiger partial charge < -0.3 is 40.4 Å². The number of methoxy groups -OCH3 is 1. The Morgan fingerprint density at radius 2 is 1.75 bits per heavy atom. The average Bonchev–Trinajstić information content (AvgIpc) is 3.53. The normalized spacial score (nSPS) is 19.4. The van der Waals surface area contributed by atoms with E-state index in [1.165, 1.54) is 40.5 Å². The summed E-state index contributed by atoms with van der Waals surface area (Å²) < 4.78 is 47.7. The number of rotatable bonds is 20. The highest BCUT2D eigenvalue weighted by atomic mass is 32.2. The Balaban J connectivity index is 1.32. The first kappa shape index (κ1) is 52.1. The number of carbonyl (C=O) groups excluding carboxylic acids is 5. The van der Waals surface area contributed by atoms with Crippen molar-refractivity contribution in [2.45, 2.75) is 134 Å². The smallest absolute Gasteiger partial charge is 0.408 e. The second kappa shape index (κ2) is 21.6. The molecule has 2 aromatic carbocycles. The number of hydrogen-bond acceptors (Lipinski definition) is 14. The Kier molecular flexibility index (Phi) is 16.3. The van der Waals surface area contributed by atoms with Crippen molar-refractivity contribution >= 4 is 72.8 Å². The third-order valence-electron chi connectivity index (χ3n) is 11.6. The number of nitrogens with zero attached hydrogens (tertiary/aromatic N) is 3. The molecule has 0 unspecified atom stereocenters. The molecule has 1 aliphatic heterocycles. The van der Waals surface area contributed by atoms with E-state index in [1.807, 2.05) is 26.2 Å². The lowest BCUT2D eigenvalue weighted by Gasteiger charge is -2.31. The monoisotopic (exact) mass is 988 g/mol. The number of fused-ring (bicyclic) bond motifs is 1. The van der Waals surface area contributed by atoms with E-state index in [4.69, 9.17) is 24.2 Å². The van der Waals surface area contributed by atoms with Crippen LogP contribution in [0.1, 0.15) is 93.9 Å². The number of sulfonamides is 1. The van der Waals surface area contributed by atoms with Crippen molar-refractivity contribution in [3.63, 3.8) is 0 Å². The molecule has 2 fully saturated rings. The van der Waals surface area contributed by atoms with E-state index in [9.17, 15) is 32.4 Å². The number of nitrogens with one attached hydrogen (secondary N) is 5. The second-order valence-electron chi connectivity index (χ2n) is 19.0. The molecule has 20 heteroatoms. The van der Waals surface area contributed by atoms with Gasteiger partial charge in [-0.25, -0.2) is 27.9 Å². The van der Waals surface area contributed by atoms with Gasteiger partial charge in [-0.3, -0.25) is 19.2 Å². The number of anilines is 2. The van der Waals surface area contributed by atoms with Crippen LogP contribution in [0, 0.1) is 11.8 Å². The van der Waals surface area contributed by atoms with Crippen LogP contribution in [0.15, 0.2) is 71.5 Å². The Labute approximate surface area is 407 Å². The fourth-order valence-electron chi connectivity index (χ4n) is 8.08. The van der Waals surface area contributed by atoms with Crippen molar-refractivity contribution in [2.75, 3.05) is 24.3 Å². The van der Waals surface area contributed by atoms with Gasteiger partial charge in [-0.05, 0) is 77.6 Å². The fraction of sp³-hybridized carbons (Fsp3) is 0.490. The van der Waals surface area contributed by atoms with Gasteiger partial charge in [0.2, 0.25) is 17.7 Å². The summed E-state index contributed by atoms with van der Waals surface area (Å²) in [6, 6.07) is 10.5. The lowest BCUT2D eigenvalue weighted by Crippen LogP contribution is -2.59. The molecule has 69 heavy (non-hydrogen) atoms. The summed E-state index contributed by atoms with van der Waals surface area (Å²) in [6.45, 7) is 18.3. The molecular weight excluding hydrogens is 925 g/mol. The van der Waals surface area contributed by atoms with Crippen molar-refractivity contribution in [1.82, 2.24) is 30.2 Å². The maximum Gasteiger partial charge on any atom is 0.408 e. The summed E-state index contributed by atoms with van der Waals surface area (Å²) in [5.41, 5.74) is -1.01. The molecule has 1 aliphatic carbocycles. The van der Waals surface area contributed by atoms with Crippen LogP contribution < -0.4 is 35.5 Å². The highest BCUT2D eigenvalue weighted by Gasteiger charge is 2.61. The fourth-order valence-corrected chi connectivity index (χ4v) is 10.1. The van der Waals surface area contributed by atoms with E-state index in [0.717, 1.165) is 12.8 Å². The number of amides is 5. The minimum Gasteiger partial charge on any atom is -0.497 e. The maximum absolute atomic E-state index is 14.8. The summed E-state index contributed by atoms with van der Waals surface area (Å²) in [7, 11) is -3.06. The predicted octanol–water partition coefficient (Wildman–Crippen LogP) is 7.17. The average molecular weight is 989 g/mol. The Morgan fingerprint density at radius 1 is 1.01 bits per heavy atom. The van der Waals surface area contributed by atoms with E-state index in [1.54, 1.807) is 72.1 Å². The van der Waals surface area contributed by atoms with Gasteiger partial charge in [0, 0.05) is 47.7 Å². The maximum atomic E-state index is 14.8. The molecule has 5 amide bonds. The molecule has 0 spiro atoms. The Hall–Kier alpha value is -6.28. The van der Waals surface area contributed by atoms with Crippen LogP contribution in [0.2, 0.25) is 0 Å². The van der Waals surface area contributed by atoms with Gasteiger partial charge in [-0.15, -0.1) is 17.9 Å². The first-order chi connectivity index (χ1) is 32.6. The third kappa shape index (κ3) is 12.7. The molecule has 18 nitrogen and oxygen atoms in total. The molecule has 3 heterocycles. The third-order valence-corrected chi connectivity index (χ3v) is 13.8. The highest BCUT2D eigenvalue weighted by Crippen LogP contribution is 2.45. The van der Waals surface area contributed by atoms with E-state index >= 15 is 0 Å². The predicted molar refractivity (Wildman–Crippen MR) is 264 cm³/mol. The van der Waals surface area contributed by atoms with Crippen LogP contribution in [0.3, 0.4) is 0 Å². The number of carbonyl (C=O) groups is 5. The van der Waals surface area contributed by atoms with Crippen LogP contribution in [0.25, 0.3) is 22.3 Å². The first-order valence-electron chi connectivity index (χ1n) is 23.2. The van der Waals surface area contributed by atoms with Crippen LogP contribution in [-0.2, 0) is 33.9 Å². The SMILES string of the molecule is C=C[C@@H]1C[C@]1(NC(=O)[C@@H]1C[C@@H](Oc2cc(-c3csc(NC(C)C)n3)nc3cc(OC)ccc23)CN1C(=O)[C@@H](NC(=O)OC(C)(C)C)C(C)C)C(=O)NS(=O)(=O)c1ccccc1NC(=O)CCCCC. The van der Waals surface area contributed by atoms with Crippen molar-refractivity contribution in [3.8, 4) is 22.9 Å². The molecule has 372 valence electrons. The van der Waals surface area contributed by atoms with Crippen LogP contribution in [0.5, 0.6) is 11.5 Å². The molecule has 5 atom stereocenters. The van der Waals surface area contributed by atoms with Gasteiger partial charge in [0.25, 0.3) is 15.9 Å². The molecule has 0 radical (unpaired) electrons. The molecular formula is C49H64N8O10S2.